The number of hydrogen-bond donors (Lipinski definition) is 1. The van der Waals surface area contributed by atoms with Gasteiger partial charge in [-0.15, -0.1) is 0 Å². The molecular formula is C27H20F4O3. The Hall–Kier alpha value is -3.84. The summed E-state index contributed by atoms with van der Waals surface area (Å²) >= 11 is 0. The molecule has 0 spiro atoms. The molecule has 0 saturated carbocycles. The number of halogens is 4. The van der Waals surface area contributed by atoms with Crippen LogP contribution in [-0.4, -0.2) is 12.2 Å². The highest BCUT2D eigenvalue weighted by molar-refractivity contribution is 5.72. The Morgan fingerprint density at radius 3 is 1.56 bits per heavy atom. The van der Waals surface area contributed by atoms with Crippen molar-refractivity contribution >= 4 is 0 Å². The number of benzene rings is 4. The molecule has 0 aromatic heterocycles. The van der Waals surface area contributed by atoms with Crippen LogP contribution in [0.5, 0.6) is 11.5 Å². The Kier molecular flexibility index (Phi) is 6.84. The van der Waals surface area contributed by atoms with E-state index in [1.54, 1.807) is 48.5 Å². The standard InChI is InChI=1S/C27H20F4O3/c1-33-22-12-13-23(27(31)26(22)30)34-15-17-4-8-19(9-5-17)21-11-10-20(24(28)25(21)29)18-6-2-16(14-32)3-7-18/h2-13,32H,14-15H2,1H3. The van der Waals surface area contributed by atoms with E-state index < -0.39 is 23.3 Å². The molecule has 0 fully saturated rings. The van der Waals surface area contributed by atoms with Gasteiger partial charge in [0.25, 0.3) is 0 Å². The van der Waals surface area contributed by atoms with E-state index in [1.165, 1.54) is 31.4 Å². The summed E-state index contributed by atoms with van der Waals surface area (Å²) in [4.78, 5) is 0. The molecule has 0 unspecified atom stereocenters. The second kappa shape index (κ2) is 9.97. The van der Waals surface area contributed by atoms with Crippen LogP contribution in [0.3, 0.4) is 0 Å². The lowest BCUT2D eigenvalue weighted by Gasteiger charge is -2.11. The summed E-state index contributed by atoms with van der Waals surface area (Å²) in [6, 6.07) is 18.5. The fraction of sp³-hybridized carbons (Fsp3) is 0.111. The van der Waals surface area contributed by atoms with Gasteiger partial charge >= 0.3 is 0 Å². The van der Waals surface area contributed by atoms with Crippen LogP contribution >= 0.6 is 0 Å². The van der Waals surface area contributed by atoms with Crippen molar-refractivity contribution in [1.29, 1.82) is 0 Å². The molecule has 0 amide bonds. The van der Waals surface area contributed by atoms with E-state index in [-0.39, 0.29) is 35.8 Å². The maximum absolute atomic E-state index is 14.9. The Balaban J connectivity index is 1.51. The maximum atomic E-state index is 14.9. The van der Waals surface area contributed by atoms with Crippen LogP contribution in [0, 0.1) is 23.3 Å². The molecule has 4 aromatic rings. The Morgan fingerprint density at radius 2 is 1.06 bits per heavy atom. The predicted octanol–water partition coefficient (Wildman–Crippen LogP) is 6.66. The molecule has 0 saturated heterocycles. The third kappa shape index (κ3) is 4.61. The minimum atomic E-state index is -1.15. The van der Waals surface area contributed by atoms with E-state index in [0.29, 0.717) is 22.3 Å². The van der Waals surface area contributed by atoms with Crippen LogP contribution in [0.2, 0.25) is 0 Å². The molecule has 4 aromatic carbocycles. The van der Waals surface area contributed by atoms with Gasteiger partial charge in [0.1, 0.15) is 6.61 Å². The first-order valence-corrected chi connectivity index (χ1v) is 10.3. The number of hydrogen-bond acceptors (Lipinski definition) is 3. The summed E-state index contributed by atoms with van der Waals surface area (Å²) in [6.45, 7) is -0.189. The molecule has 0 bridgehead atoms. The van der Waals surface area contributed by atoms with Crippen molar-refractivity contribution < 1.29 is 32.1 Å². The number of rotatable bonds is 7. The topological polar surface area (TPSA) is 38.7 Å². The number of ether oxygens (including phenoxy) is 2. The summed E-state index contributed by atoms with van der Waals surface area (Å²) < 4.78 is 67.6. The van der Waals surface area contributed by atoms with Crippen LogP contribution in [0.25, 0.3) is 22.3 Å². The lowest BCUT2D eigenvalue weighted by atomic mass is 9.97. The van der Waals surface area contributed by atoms with Crippen molar-refractivity contribution in [2.45, 2.75) is 13.2 Å². The van der Waals surface area contributed by atoms with Crippen molar-refractivity contribution in [1.82, 2.24) is 0 Å². The van der Waals surface area contributed by atoms with Gasteiger partial charge in [0.05, 0.1) is 13.7 Å². The second-order valence-corrected chi connectivity index (χ2v) is 7.52. The van der Waals surface area contributed by atoms with Crippen molar-refractivity contribution in [3.63, 3.8) is 0 Å². The Morgan fingerprint density at radius 1 is 0.588 bits per heavy atom. The van der Waals surface area contributed by atoms with E-state index in [1.807, 2.05) is 0 Å². The Labute approximate surface area is 193 Å². The molecule has 0 radical (unpaired) electrons. The van der Waals surface area contributed by atoms with E-state index in [2.05, 4.69) is 0 Å². The van der Waals surface area contributed by atoms with Crippen molar-refractivity contribution in [3.8, 4) is 33.8 Å². The molecule has 0 aliphatic rings. The average Bonchev–Trinajstić information content (AvgIpc) is 2.87. The predicted molar refractivity (Wildman–Crippen MR) is 120 cm³/mol. The molecular weight excluding hydrogens is 448 g/mol. The first-order valence-electron chi connectivity index (χ1n) is 10.3. The first-order chi connectivity index (χ1) is 16.4. The lowest BCUT2D eigenvalue weighted by Crippen LogP contribution is -2.00. The van der Waals surface area contributed by atoms with Crippen molar-refractivity contribution in [3.05, 3.63) is 107 Å². The zero-order valence-corrected chi connectivity index (χ0v) is 18.1. The zero-order chi connectivity index (χ0) is 24.2. The van der Waals surface area contributed by atoms with Crippen LogP contribution in [0.15, 0.2) is 72.8 Å². The highest BCUT2D eigenvalue weighted by Crippen LogP contribution is 2.32. The third-order valence-corrected chi connectivity index (χ3v) is 5.42. The van der Waals surface area contributed by atoms with E-state index in [0.717, 1.165) is 0 Å². The number of methoxy groups -OCH3 is 1. The van der Waals surface area contributed by atoms with Crippen LogP contribution in [0.4, 0.5) is 17.6 Å². The largest absolute Gasteiger partial charge is 0.494 e. The minimum Gasteiger partial charge on any atom is -0.494 e. The van der Waals surface area contributed by atoms with Gasteiger partial charge < -0.3 is 14.6 Å². The summed E-state index contributed by atoms with van der Waals surface area (Å²) in [5.41, 5.74) is 2.44. The molecule has 0 aliphatic heterocycles. The van der Waals surface area contributed by atoms with Crippen molar-refractivity contribution in [2.75, 3.05) is 7.11 Å². The van der Waals surface area contributed by atoms with Crippen LogP contribution in [0.1, 0.15) is 11.1 Å². The summed E-state index contributed by atoms with van der Waals surface area (Å²) in [5.74, 6) is -4.74. The van der Waals surface area contributed by atoms with Gasteiger partial charge in [0.15, 0.2) is 23.1 Å². The van der Waals surface area contributed by atoms with E-state index >= 15 is 0 Å². The fourth-order valence-electron chi connectivity index (χ4n) is 3.51. The Bertz CT molecular complexity index is 1300. The zero-order valence-electron chi connectivity index (χ0n) is 18.1. The number of aliphatic hydroxyl groups is 1. The summed E-state index contributed by atoms with van der Waals surface area (Å²) in [7, 11) is 1.23. The quantitative estimate of drug-likeness (QED) is 0.309. The smallest absolute Gasteiger partial charge is 0.204 e. The lowest BCUT2D eigenvalue weighted by molar-refractivity contribution is 0.280. The molecule has 174 valence electrons. The van der Waals surface area contributed by atoms with Crippen LogP contribution < -0.4 is 9.47 Å². The first kappa shape index (κ1) is 23.3. The fourth-order valence-corrected chi connectivity index (χ4v) is 3.51. The molecule has 0 aliphatic carbocycles. The number of aliphatic hydroxyl groups excluding tert-OH is 1. The molecule has 3 nitrogen and oxygen atoms in total. The molecule has 34 heavy (non-hydrogen) atoms. The van der Waals surface area contributed by atoms with Gasteiger partial charge in [-0.05, 0) is 34.4 Å². The normalized spacial score (nSPS) is 10.9. The molecule has 4 rings (SSSR count). The van der Waals surface area contributed by atoms with E-state index in [4.69, 9.17) is 14.6 Å². The van der Waals surface area contributed by atoms with Gasteiger partial charge in [0.2, 0.25) is 11.6 Å². The van der Waals surface area contributed by atoms with Crippen LogP contribution in [-0.2, 0) is 13.2 Å². The van der Waals surface area contributed by atoms with Gasteiger partial charge in [0, 0.05) is 11.1 Å². The SMILES string of the molecule is COc1ccc(OCc2ccc(-c3ccc(-c4ccc(CO)cc4)c(F)c3F)cc2)c(F)c1F. The van der Waals surface area contributed by atoms with Gasteiger partial charge in [-0.25, -0.2) is 8.78 Å². The third-order valence-electron chi connectivity index (χ3n) is 5.42. The van der Waals surface area contributed by atoms with Gasteiger partial charge in [-0.1, -0.05) is 60.7 Å². The molecule has 1 N–H and O–H groups in total. The van der Waals surface area contributed by atoms with Gasteiger partial charge in [-0.2, -0.15) is 8.78 Å². The highest BCUT2D eigenvalue weighted by Gasteiger charge is 2.17. The molecule has 7 heteroatoms. The monoisotopic (exact) mass is 468 g/mol. The highest BCUT2D eigenvalue weighted by atomic mass is 19.2. The maximum Gasteiger partial charge on any atom is 0.204 e. The summed E-state index contributed by atoms with van der Waals surface area (Å²) in [6.07, 6.45) is 0. The molecule has 0 heterocycles. The summed E-state index contributed by atoms with van der Waals surface area (Å²) in [5, 5.41) is 9.14. The second-order valence-electron chi connectivity index (χ2n) is 7.52. The average molecular weight is 468 g/mol. The van der Waals surface area contributed by atoms with E-state index in [9.17, 15) is 17.6 Å². The van der Waals surface area contributed by atoms with Crippen molar-refractivity contribution in [2.24, 2.45) is 0 Å². The minimum absolute atomic E-state index is 0.0530. The molecule has 0 atom stereocenters. The van der Waals surface area contributed by atoms with Gasteiger partial charge in [-0.3, -0.25) is 0 Å².